The SMILES string of the molecule is CC1CC(=O)NN=C1c1ccc(NC(=O)C2(c3ccc(Cl)cc3)CCC2)cc1. The Morgan fingerprint density at radius 3 is 2.39 bits per heavy atom. The van der Waals surface area contributed by atoms with Crippen LogP contribution in [-0.2, 0) is 15.0 Å². The van der Waals surface area contributed by atoms with E-state index in [0.717, 1.165) is 41.8 Å². The lowest BCUT2D eigenvalue weighted by Gasteiger charge is -2.40. The molecule has 2 aromatic carbocycles. The largest absolute Gasteiger partial charge is 0.325 e. The van der Waals surface area contributed by atoms with Gasteiger partial charge in [-0.25, -0.2) is 5.43 Å². The number of hydrogen-bond acceptors (Lipinski definition) is 3. The van der Waals surface area contributed by atoms with Gasteiger partial charge in [-0.05, 0) is 48.2 Å². The van der Waals surface area contributed by atoms with Gasteiger partial charge < -0.3 is 5.32 Å². The van der Waals surface area contributed by atoms with Gasteiger partial charge in [0.1, 0.15) is 0 Å². The molecule has 2 aliphatic rings. The molecule has 144 valence electrons. The van der Waals surface area contributed by atoms with Crippen LogP contribution in [0.4, 0.5) is 5.69 Å². The molecule has 1 aliphatic heterocycles. The number of carbonyl (C=O) groups excluding carboxylic acids is 2. The maximum atomic E-state index is 13.1. The molecule has 1 aliphatic carbocycles. The molecular weight excluding hydrogens is 374 g/mol. The highest BCUT2D eigenvalue weighted by atomic mass is 35.5. The van der Waals surface area contributed by atoms with Crippen molar-refractivity contribution in [3.8, 4) is 0 Å². The number of benzene rings is 2. The van der Waals surface area contributed by atoms with Crippen LogP contribution in [0, 0.1) is 5.92 Å². The molecule has 0 saturated heterocycles. The summed E-state index contributed by atoms with van der Waals surface area (Å²) in [5.41, 5.74) is 5.62. The molecule has 2 N–H and O–H groups in total. The molecule has 6 heteroatoms. The van der Waals surface area contributed by atoms with Crippen molar-refractivity contribution in [1.82, 2.24) is 5.43 Å². The van der Waals surface area contributed by atoms with Gasteiger partial charge in [-0.3, -0.25) is 9.59 Å². The van der Waals surface area contributed by atoms with Crippen LogP contribution in [0.5, 0.6) is 0 Å². The van der Waals surface area contributed by atoms with Crippen molar-refractivity contribution >= 4 is 34.8 Å². The topological polar surface area (TPSA) is 70.6 Å². The molecule has 0 spiro atoms. The van der Waals surface area contributed by atoms with Gasteiger partial charge in [0.05, 0.1) is 11.1 Å². The number of rotatable bonds is 4. The van der Waals surface area contributed by atoms with Crippen LogP contribution in [0.15, 0.2) is 53.6 Å². The summed E-state index contributed by atoms with van der Waals surface area (Å²) in [5.74, 6) is 0.0231. The van der Waals surface area contributed by atoms with Crippen molar-refractivity contribution in [2.75, 3.05) is 5.32 Å². The van der Waals surface area contributed by atoms with Gasteiger partial charge in [-0.1, -0.05) is 49.2 Å². The second-order valence-electron chi connectivity index (χ2n) is 7.61. The van der Waals surface area contributed by atoms with E-state index < -0.39 is 5.41 Å². The summed E-state index contributed by atoms with van der Waals surface area (Å²) in [4.78, 5) is 24.5. The summed E-state index contributed by atoms with van der Waals surface area (Å²) in [5, 5.41) is 7.92. The predicted octanol–water partition coefficient (Wildman–Crippen LogP) is 4.26. The van der Waals surface area contributed by atoms with Crippen LogP contribution in [0.3, 0.4) is 0 Å². The molecule has 1 saturated carbocycles. The molecule has 28 heavy (non-hydrogen) atoms. The van der Waals surface area contributed by atoms with E-state index in [-0.39, 0.29) is 17.7 Å². The average Bonchev–Trinajstić information content (AvgIpc) is 2.63. The van der Waals surface area contributed by atoms with E-state index in [4.69, 9.17) is 11.6 Å². The first-order chi connectivity index (χ1) is 13.5. The molecule has 1 unspecified atom stereocenters. The first-order valence-corrected chi connectivity index (χ1v) is 9.90. The summed E-state index contributed by atoms with van der Waals surface area (Å²) >= 11 is 6.00. The average molecular weight is 396 g/mol. The normalized spacial score (nSPS) is 20.6. The van der Waals surface area contributed by atoms with Crippen LogP contribution in [-0.4, -0.2) is 17.5 Å². The predicted molar refractivity (Wildman–Crippen MR) is 111 cm³/mol. The number of halogens is 1. The molecule has 2 aromatic rings. The third-order valence-corrected chi connectivity index (χ3v) is 5.99. The fraction of sp³-hybridized carbons (Fsp3) is 0.318. The smallest absolute Gasteiger partial charge is 0.240 e. The fourth-order valence-electron chi connectivity index (χ4n) is 3.92. The van der Waals surface area contributed by atoms with Gasteiger partial charge in [0, 0.05) is 23.0 Å². The Hall–Kier alpha value is -2.66. The van der Waals surface area contributed by atoms with E-state index in [9.17, 15) is 9.59 Å². The monoisotopic (exact) mass is 395 g/mol. The summed E-state index contributed by atoms with van der Waals surface area (Å²) < 4.78 is 0. The fourth-order valence-corrected chi connectivity index (χ4v) is 4.05. The van der Waals surface area contributed by atoms with Crippen LogP contribution in [0.25, 0.3) is 0 Å². The zero-order valence-corrected chi connectivity index (χ0v) is 16.4. The van der Waals surface area contributed by atoms with E-state index in [1.807, 2.05) is 55.5 Å². The molecule has 0 radical (unpaired) electrons. The van der Waals surface area contributed by atoms with E-state index >= 15 is 0 Å². The van der Waals surface area contributed by atoms with Crippen LogP contribution >= 0.6 is 11.6 Å². The lowest BCUT2D eigenvalue weighted by Crippen LogP contribution is -2.46. The van der Waals surface area contributed by atoms with Gasteiger partial charge in [0.2, 0.25) is 11.8 Å². The molecule has 5 nitrogen and oxygen atoms in total. The Morgan fingerprint density at radius 2 is 1.82 bits per heavy atom. The van der Waals surface area contributed by atoms with Gasteiger partial charge >= 0.3 is 0 Å². The Kier molecular flexibility index (Phi) is 4.94. The van der Waals surface area contributed by atoms with Crippen molar-refractivity contribution in [2.45, 2.75) is 38.0 Å². The van der Waals surface area contributed by atoms with Crippen molar-refractivity contribution < 1.29 is 9.59 Å². The molecule has 2 amide bonds. The second-order valence-corrected chi connectivity index (χ2v) is 8.05. The molecule has 1 heterocycles. The van der Waals surface area contributed by atoms with E-state index in [1.54, 1.807) is 0 Å². The maximum Gasteiger partial charge on any atom is 0.240 e. The number of carbonyl (C=O) groups is 2. The van der Waals surface area contributed by atoms with Crippen molar-refractivity contribution in [1.29, 1.82) is 0 Å². The van der Waals surface area contributed by atoms with Crippen molar-refractivity contribution in [3.63, 3.8) is 0 Å². The van der Waals surface area contributed by atoms with Gasteiger partial charge in [0.15, 0.2) is 0 Å². The van der Waals surface area contributed by atoms with Gasteiger partial charge in [-0.2, -0.15) is 5.10 Å². The van der Waals surface area contributed by atoms with Gasteiger partial charge in [-0.15, -0.1) is 0 Å². The standard InChI is InChI=1S/C22H22ClN3O2/c1-14-13-19(27)25-26-20(14)15-3-9-18(10-4-15)24-21(28)22(11-2-12-22)16-5-7-17(23)8-6-16/h3-10,14H,2,11-13H2,1H3,(H,24,28)(H,25,27). The number of amides is 2. The highest BCUT2D eigenvalue weighted by Crippen LogP contribution is 2.44. The highest BCUT2D eigenvalue weighted by molar-refractivity contribution is 6.30. The molecular formula is C22H22ClN3O2. The Bertz CT molecular complexity index is 931. The molecule has 1 fully saturated rings. The summed E-state index contributed by atoms with van der Waals surface area (Å²) in [6, 6.07) is 15.2. The van der Waals surface area contributed by atoms with Gasteiger partial charge in [0.25, 0.3) is 0 Å². The summed E-state index contributed by atoms with van der Waals surface area (Å²) in [7, 11) is 0. The Labute approximate surface area is 169 Å². The van der Waals surface area contributed by atoms with Crippen LogP contribution in [0.1, 0.15) is 43.7 Å². The lowest BCUT2D eigenvalue weighted by atomic mass is 9.64. The van der Waals surface area contributed by atoms with Crippen LogP contribution in [0.2, 0.25) is 5.02 Å². The summed E-state index contributed by atoms with van der Waals surface area (Å²) in [6.45, 7) is 1.99. The minimum atomic E-state index is -0.477. The quantitative estimate of drug-likeness (QED) is 0.811. The minimum absolute atomic E-state index is 0.0180. The Morgan fingerprint density at radius 1 is 1.14 bits per heavy atom. The number of nitrogens with one attached hydrogen (secondary N) is 2. The molecule has 1 atom stereocenters. The third kappa shape index (κ3) is 3.42. The molecule has 0 bridgehead atoms. The molecule has 0 aromatic heterocycles. The first kappa shape index (κ1) is 18.7. The van der Waals surface area contributed by atoms with E-state index in [1.165, 1.54) is 0 Å². The van der Waals surface area contributed by atoms with E-state index in [2.05, 4.69) is 15.8 Å². The van der Waals surface area contributed by atoms with E-state index in [0.29, 0.717) is 11.4 Å². The molecule has 4 rings (SSSR count). The van der Waals surface area contributed by atoms with Crippen molar-refractivity contribution in [3.05, 3.63) is 64.7 Å². The first-order valence-electron chi connectivity index (χ1n) is 9.52. The minimum Gasteiger partial charge on any atom is -0.325 e. The van der Waals surface area contributed by atoms with Crippen LogP contribution < -0.4 is 10.7 Å². The third-order valence-electron chi connectivity index (χ3n) is 5.74. The second kappa shape index (κ2) is 7.40. The number of nitrogens with zero attached hydrogens (tertiary/aromatic N) is 1. The number of anilines is 1. The van der Waals surface area contributed by atoms with Crippen molar-refractivity contribution in [2.24, 2.45) is 11.0 Å². The number of hydrazone groups is 1. The zero-order chi connectivity index (χ0) is 19.7. The Balaban J connectivity index is 1.50. The zero-order valence-electron chi connectivity index (χ0n) is 15.7. The lowest BCUT2D eigenvalue weighted by molar-refractivity contribution is -0.124. The summed E-state index contributed by atoms with van der Waals surface area (Å²) in [6.07, 6.45) is 3.15. The maximum absolute atomic E-state index is 13.1. The highest BCUT2D eigenvalue weighted by Gasteiger charge is 2.45. The number of hydrogen-bond donors (Lipinski definition) is 2.